The van der Waals surface area contributed by atoms with Crippen LogP contribution in [-0.4, -0.2) is 9.55 Å². The molecule has 0 radical (unpaired) electrons. The van der Waals surface area contributed by atoms with Crippen LogP contribution >= 0.6 is 12.2 Å². The van der Waals surface area contributed by atoms with Crippen molar-refractivity contribution in [2.45, 2.75) is 12.8 Å². The number of rotatable bonds is 1. The van der Waals surface area contributed by atoms with Gasteiger partial charge in [-0.1, -0.05) is 12.1 Å². The summed E-state index contributed by atoms with van der Waals surface area (Å²) < 4.78 is 1.70. The first-order valence-electron chi connectivity index (χ1n) is 4.72. The van der Waals surface area contributed by atoms with E-state index in [1.54, 1.807) is 6.92 Å². The van der Waals surface area contributed by atoms with E-state index in [4.69, 9.17) is 22.7 Å². The number of benzene rings is 1. The fourth-order valence-corrected chi connectivity index (χ4v) is 1.94. The molecule has 0 saturated heterocycles. The van der Waals surface area contributed by atoms with Gasteiger partial charge in [-0.15, -0.1) is 0 Å². The van der Waals surface area contributed by atoms with Crippen molar-refractivity contribution in [3.63, 3.8) is 0 Å². The second-order valence-corrected chi connectivity index (χ2v) is 3.85. The molecular formula is C11H8N4S. The number of imidazole rings is 1. The monoisotopic (exact) mass is 228 g/mol. The molecular weight excluding hydrogens is 220 g/mol. The normalized spacial score (nSPS) is 11.9. The van der Waals surface area contributed by atoms with Gasteiger partial charge < -0.3 is 4.98 Å². The number of nitriles is 2. The summed E-state index contributed by atoms with van der Waals surface area (Å²) in [6, 6.07) is 7.69. The highest BCUT2D eigenvalue weighted by molar-refractivity contribution is 7.71. The Hall–Kier alpha value is -2.11. The van der Waals surface area contributed by atoms with Gasteiger partial charge in [0.25, 0.3) is 0 Å². The molecule has 0 saturated carbocycles. The van der Waals surface area contributed by atoms with E-state index in [9.17, 15) is 0 Å². The zero-order valence-electron chi connectivity index (χ0n) is 8.56. The molecule has 16 heavy (non-hydrogen) atoms. The van der Waals surface area contributed by atoms with Crippen LogP contribution in [0.25, 0.3) is 11.0 Å². The predicted molar refractivity (Wildman–Crippen MR) is 62.2 cm³/mol. The summed E-state index contributed by atoms with van der Waals surface area (Å²) >= 11 is 5.04. The van der Waals surface area contributed by atoms with Gasteiger partial charge >= 0.3 is 0 Å². The molecule has 5 heteroatoms. The van der Waals surface area contributed by atoms with Gasteiger partial charge in [0.2, 0.25) is 0 Å². The number of hydrogen-bond donors (Lipinski definition) is 1. The predicted octanol–water partition coefficient (Wildman–Crippen LogP) is 2.66. The minimum atomic E-state index is -0.270. The van der Waals surface area contributed by atoms with Gasteiger partial charge in [-0.3, -0.25) is 0 Å². The Labute approximate surface area is 97.4 Å². The van der Waals surface area contributed by atoms with Gasteiger partial charge in [0, 0.05) is 0 Å². The number of nitrogens with one attached hydrogen (secondary N) is 1. The smallest absolute Gasteiger partial charge is 0.191 e. The quantitative estimate of drug-likeness (QED) is 0.763. The van der Waals surface area contributed by atoms with Crippen molar-refractivity contribution in [3.05, 3.63) is 28.5 Å². The van der Waals surface area contributed by atoms with Crippen LogP contribution in [0.5, 0.6) is 0 Å². The molecule has 0 bridgehead atoms. The van der Waals surface area contributed by atoms with E-state index in [0.717, 1.165) is 11.1 Å². The highest BCUT2D eigenvalue weighted by atomic mass is 32.1. The molecule has 0 aliphatic rings. The Morgan fingerprint density at radius 1 is 1.44 bits per heavy atom. The van der Waals surface area contributed by atoms with Crippen LogP contribution in [0.15, 0.2) is 18.2 Å². The van der Waals surface area contributed by atoms with Crippen LogP contribution in [0.4, 0.5) is 0 Å². The third kappa shape index (κ3) is 1.39. The number of aromatic nitrogens is 2. The molecule has 1 aromatic heterocycles. The number of aromatic amines is 1. The first-order chi connectivity index (χ1) is 7.69. The summed E-state index contributed by atoms with van der Waals surface area (Å²) in [6.45, 7) is 1.80. The number of hydrogen-bond acceptors (Lipinski definition) is 3. The highest BCUT2D eigenvalue weighted by Crippen LogP contribution is 2.24. The van der Waals surface area contributed by atoms with E-state index >= 15 is 0 Å². The summed E-state index contributed by atoms with van der Waals surface area (Å²) in [5.41, 5.74) is 2.30. The van der Waals surface area contributed by atoms with E-state index in [-0.39, 0.29) is 5.92 Å². The largest absolute Gasteiger partial charge is 0.330 e. The lowest BCUT2D eigenvalue weighted by Crippen LogP contribution is -1.95. The van der Waals surface area contributed by atoms with E-state index in [1.807, 2.05) is 24.4 Å². The number of para-hydroxylation sites is 1. The van der Waals surface area contributed by atoms with Crippen LogP contribution < -0.4 is 0 Å². The Kier molecular flexibility index (Phi) is 2.47. The van der Waals surface area contributed by atoms with Crippen molar-refractivity contribution in [2.24, 2.45) is 0 Å². The summed E-state index contributed by atoms with van der Waals surface area (Å²) in [4.78, 5) is 2.94. The Balaban J connectivity index is 2.93. The van der Waals surface area contributed by atoms with Crippen molar-refractivity contribution in [3.8, 4) is 12.3 Å². The fraction of sp³-hybridized carbons (Fsp3) is 0.182. The van der Waals surface area contributed by atoms with Crippen molar-refractivity contribution >= 4 is 23.3 Å². The lowest BCUT2D eigenvalue weighted by atomic mass is 10.0. The average Bonchev–Trinajstić information content (AvgIpc) is 2.63. The first kappa shape index (κ1) is 10.4. The third-order valence-corrected chi connectivity index (χ3v) is 2.78. The van der Waals surface area contributed by atoms with E-state index in [0.29, 0.717) is 10.3 Å². The topological polar surface area (TPSA) is 68.3 Å². The van der Waals surface area contributed by atoms with Crippen molar-refractivity contribution in [1.29, 1.82) is 10.5 Å². The summed E-state index contributed by atoms with van der Waals surface area (Å²) in [5.74, 6) is -0.270. The molecule has 2 aromatic rings. The zero-order valence-corrected chi connectivity index (χ0v) is 9.38. The molecule has 78 valence electrons. The molecule has 4 nitrogen and oxygen atoms in total. The minimum Gasteiger partial charge on any atom is -0.330 e. The average molecular weight is 228 g/mol. The standard InChI is InChI=1S/C11H8N4S/c1-7(5-12)8-3-2-4-9-10(8)15(6-13)11(16)14-9/h2-4,7H,1H3,(H,14,16). The van der Waals surface area contributed by atoms with Gasteiger partial charge in [0.05, 0.1) is 23.0 Å². The molecule has 0 spiro atoms. The Morgan fingerprint density at radius 3 is 2.81 bits per heavy atom. The Bertz CT molecular complexity index is 681. The molecule has 1 atom stereocenters. The maximum absolute atomic E-state index is 9.03. The minimum absolute atomic E-state index is 0.270. The molecule has 0 aliphatic heterocycles. The third-order valence-electron chi connectivity index (χ3n) is 2.50. The molecule has 1 N–H and O–H groups in total. The molecule has 2 rings (SSSR count). The van der Waals surface area contributed by atoms with Gasteiger partial charge in [-0.2, -0.15) is 10.5 Å². The van der Waals surface area contributed by atoms with E-state index < -0.39 is 0 Å². The van der Waals surface area contributed by atoms with Crippen LogP contribution in [0.1, 0.15) is 18.4 Å². The number of H-pyrrole nitrogens is 1. The van der Waals surface area contributed by atoms with Gasteiger partial charge in [0.15, 0.2) is 11.0 Å². The second-order valence-electron chi connectivity index (χ2n) is 3.46. The maximum atomic E-state index is 9.03. The van der Waals surface area contributed by atoms with Crippen LogP contribution in [0.3, 0.4) is 0 Å². The van der Waals surface area contributed by atoms with E-state index in [2.05, 4.69) is 11.1 Å². The van der Waals surface area contributed by atoms with Crippen molar-refractivity contribution < 1.29 is 0 Å². The molecule has 1 heterocycles. The lowest BCUT2D eigenvalue weighted by Gasteiger charge is -2.04. The number of nitrogens with zero attached hydrogens (tertiary/aromatic N) is 3. The van der Waals surface area contributed by atoms with Crippen LogP contribution in [0, 0.1) is 27.6 Å². The molecule has 0 amide bonds. The highest BCUT2D eigenvalue weighted by Gasteiger charge is 2.13. The lowest BCUT2D eigenvalue weighted by molar-refractivity contribution is 0.975. The molecule has 1 unspecified atom stereocenters. The molecule has 0 aliphatic carbocycles. The van der Waals surface area contributed by atoms with Gasteiger partial charge in [0.1, 0.15) is 0 Å². The zero-order chi connectivity index (χ0) is 11.7. The summed E-state index contributed by atoms with van der Waals surface area (Å²) in [7, 11) is 0. The fourth-order valence-electron chi connectivity index (χ4n) is 1.70. The first-order valence-corrected chi connectivity index (χ1v) is 5.13. The SMILES string of the molecule is CC(C#N)c1cccc2[nH]c(=S)n(C#N)c12. The second kappa shape index (κ2) is 3.80. The summed E-state index contributed by atoms with van der Waals surface area (Å²) in [5, 5.41) is 18.0. The van der Waals surface area contributed by atoms with E-state index in [1.165, 1.54) is 4.57 Å². The van der Waals surface area contributed by atoms with Gasteiger partial charge in [-0.05, 0) is 30.8 Å². The summed E-state index contributed by atoms with van der Waals surface area (Å²) in [6.07, 6.45) is 2.01. The van der Waals surface area contributed by atoms with Gasteiger partial charge in [-0.25, -0.2) is 4.57 Å². The van der Waals surface area contributed by atoms with Crippen molar-refractivity contribution in [2.75, 3.05) is 0 Å². The van der Waals surface area contributed by atoms with Crippen LogP contribution in [0.2, 0.25) is 0 Å². The maximum Gasteiger partial charge on any atom is 0.191 e. The van der Waals surface area contributed by atoms with Crippen LogP contribution in [-0.2, 0) is 0 Å². The molecule has 1 aromatic carbocycles. The molecule has 0 fully saturated rings. The Morgan fingerprint density at radius 2 is 2.19 bits per heavy atom. The van der Waals surface area contributed by atoms with Crippen molar-refractivity contribution in [1.82, 2.24) is 9.55 Å². The number of fused-ring (bicyclic) bond motifs is 1.